The molecule has 0 rings (SSSR count). The van der Waals surface area contributed by atoms with Gasteiger partial charge in [-0.15, -0.1) is 0 Å². The molecule has 0 spiro atoms. The molecule has 0 aromatic rings. The van der Waals surface area contributed by atoms with E-state index in [1.165, 1.54) is 205 Å². The van der Waals surface area contributed by atoms with E-state index < -0.39 is 57.6 Å². The molecule has 66 heavy (non-hydrogen) atoms. The smallest absolute Gasteiger partial charge is 0.472 e. The first-order valence-corrected chi connectivity index (χ1v) is 29.2. The normalized spacial score (nSPS) is 13.5. The van der Waals surface area contributed by atoms with Crippen LogP contribution < -0.4 is 5.32 Å². The number of aliphatic hydroxyl groups excluding tert-OH is 1. The topological polar surface area (TPSA) is 169 Å². The largest absolute Gasteiger partial charge is 0.480 e. The van der Waals surface area contributed by atoms with Gasteiger partial charge in [0, 0.05) is 12.8 Å². The molecule has 0 aliphatic rings. The summed E-state index contributed by atoms with van der Waals surface area (Å²) in [7, 11) is -4.76. The molecule has 0 fully saturated rings. The van der Waals surface area contributed by atoms with Crippen molar-refractivity contribution in [1.29, 1.82) is 0 Å². The Bertz CT molecular complexity index is 1170. The molecule has 390 valence electrons. The van der Waals surface area contributed by atoms with Gasteiger partial charge in [-0.25, -0.2) is 9.36 Å². The van der Waals surface area contributed by atoms with E-state index in [1.807, 2.05) is 0 Å². The van der Waals surface area contributed by atoms with Crippen molar-refractivity contribution in [2.75, 3.05) is 19.8 Å². The maximum absolute atomic E-state index is 12.4. The quantitative estimate of drug-likeness (QED) is 0.0199. The second-order valence-corrected chi connectivity index (χ2v) is 20.6. The lowest BCUT2D eigenvalue weighted by atomic mass is 10.0. The summed E-state index contributed by atoms with van der Waals surface area (Å²) >= 11 is 0. The molecular weight excluding hydrogens is 854 g/mol. The minimum Gasteiger partial charge on any atom is -0.480 e. The third-order valence-corrected chi connectivity index (χ3v) is 13.5. The molecule has 0 radical (unpaired) electrons. The van der Waals surface area contributed by atoms with Crippen molar-refractivity contribution in [3.8, 4) is 0 Å². The van der Waals surface area contributed by atoms with Gasteiger partial charge in [0.1, 0.15) is 12.7 Å². The number of carboxylic acids is 1. The molecule has 0 aliphatic heterocycles. The Morgan fingerprint density at radius 3 is 1.15 bits per heavy atom. The first kappa shape index (κ1) is 64.2. The Hall–Kier alpha value is -1.78. The Morgan fingerprint density at radius 1 is 0.470 bits per heavy atom. The second kappa shape index (κ2) is 49.6. The first-order chi connectivity index (χ1) is 32.1. The number of phosphoric acid groups is 1. The fraction of sp³-hybridized carbons (Fsp3) is 0.907. The summed E-state index contributed by atoms with van der Waals surface area (Å²) in [6.45, 7) is 2.66. The number of ether oxygens (including phenoxy) is 1. The lowest BCUT2D eigenvalue weighted by Crippen LogP contribution is -2.43. The molecule has 0 saturated heterocycles. The van der Waals surface area contributed by atoms with Crippen LogP contribution in [0.5, 0.6) is 0 Å². The summed E-state index contributed by atoms with van der Waals surface area (Å²) in [4.78, 5) is 46.2. The molecule has 0 heterocycles. The number of carboxylic acid groups (broad SMARTS) is 1. The minimum atomic E-state index is -4.76. The monoisotopic (exact) mass is 958 g/mol. The van der Waals surface area contributed by atoms with E-state index in [-0.39, 0.29) is 12.8 Å². The average molecular weight is 958 g/mol. The maximum atomic E-state index is 12.4. The molecule has 1 amide bonds. The van der Waals surface area contributed by atoms with Gasteiger partial charge in [0.05, 0.1) is 13.2 Å². The van der Waals surface area contributed by atoms with Crippen LogP contribution in [-0.2, 0) is 32.7 Å². The SMILES string of the molecule is CCCCCCCC/C=C/CCCCCCCCCCCCCC(=O)OCC(O)COP(=O)(O)OCC(NC(=O)CCCCCCCCCCCCCCCCCCCCCCC)C(=O)O. The molecule has 0 saturated carbocycles. The van der Waals surface area contributed by atoms with Crippen LogP contribution in [0.2, 0.25) is 0 Å². The molecule has 11 nitrogen and oxygen atoms in total. The summed E-state index contributed by atoms with van der Waals surface area (Å²) in [5.74, 6) is -2.35. The van der Waals surface area contributed by atoms with Gasteiger partial charge in [0.15, 0.2) is 6.04 Å². The number of amides is 1. The molecule has 0 aliphatic carbocycles. The third-order valence-electron chi connectivity index (χ3n) is 12.6. The summed E-state index contributed by atoms with van der Waals surface area (Å²) < 4.78 is 27.0. The number of hydrogen-bond donors (Lipinski definition) is 4. The Balaban J connectivity index is 3.76. The number of carbonyl (C=O) groups is 3. The molecule has 0 bridgehead atoms. The molecule has 3 unspecified atom stereocenters. The van der Waals surface area contributed by atoms with E-state index in [0.717, 1.165) is 38.5 Å². The Morgan fingerprint density at radius 2 is 0.788 bits per heavy atom. The van der Waals surface area contributed by atoms with Crippen molar-refractivity contribution in [3.63, 3.8) is 0 Å². The molecule has 0 aromatic heterocycles. The second-order valence-electron chi connectivity index (χ2n) is 19.1. The van der Waals surface area contributed by atoms with Crippen LogP contribution in [-0.4, -0.2) is 64.9 Å². The maximum Gasteiger partial charge on any atom is 0.472 e. The van der Waals surface area contributed by atoms with Crippen molar-refractivity contribution in [2.24, 2.45) is 0 Å². The predicted octanol–water partition coefficient (Wildman–Crippen LogP) is 15.6. The highest BCUT2D eigenvalue weighted by molar-refractivity contribution is 7.47. The highest BCUT2D eigenvalue weighted by atomic mass is 31.2. The standard InChI is InChI=1S/C54H104NO10P/c1-3-5-7-9-11-13-15-17-19-21-23-25-27-29-31-33-35-37-39-41-43-45-52(57)55-51(54(59)60)49-65-66(61,62)64-48-50(56)47-63-53(58)46-44-42-40-38-36-34-32-30-28-26-24-22-20-18-16-14-12-10-8-6-4-2/h18,20,50-51,56H,3-17,19,21-49H2,1-2H3,(H,55,57)(H,59,60)(H,61,62)/b20-18+. The molecule has 12 heteroatoms. The van der Waals surface area contributed by atoms with Gasteiger partial charge in [0.25, 0.3) is 0 Å². The van der Waals surface area contributed by atoms with Gasteiger partial charge < -0.3 is 25.2 Å². The van der Waals surface area contributed by atoms with E-state index in [4.69, 9.17) is 13.8 Å². The van der Waals surface area contributed by atoms with Crippen LogP contribution in [0.3, 0.4) is 0 Å². The summed E-state index contributed by atoms with van der Waals surface area (Å²) in [6.07, 6.45) is 53.8. The van der Waals surface area contributed by atoms with Crippen LogP contribution in [0, 0.1) is 0 Å². The number of hydrogen-bond acceptors (Lipinski definition) is 8. The van der Waals surface area contributed by atoms with Gasteiger partial charge in [0.2, 0.25) is 5.91 Å². The third kappa shape index (κ3) is 48.7. The summed E-state index contributed by atoms with van der Waals surface area (Å²) in [5, 5.41) is 22.0. The lowest BCUT2D eigenvalue weighted by Gasteiger charge is -2.18. The van der Waals surface area contributed by atoms with E-state index in [2.05, 4.69) is 31.3 Å². The lowest BCUT2D eigenvalue weighted by molar-refractivity contribution is -0.147. The Kier molecular flexibility index (Phi) is 48.3. The minimum absolute atomic E-state index is 0.152. The number of unbranched alkanes of at least 4 members (excludes halogenated alkanes) is 37. The highest BCUT2D eigenvalue weighted by Gasteiger charge is 2.28. The predicted molar refractivity (Wildman–Crippen MR) is 273 cm³/mol. The van der Waals surface area contributed by atoms with Gasteiger partial charge in [-0.2, -0.15) is 0 Å². The first-order valence-electron chi connectivity index (χ1n) is 27.7. The van der Waals surface area contributed by atoms with Crippen molar-refractivity contribution in [1.82, 2.24) is 5.32 Å². The van der Waals surface area contributed by atoms with Gasteiger partial charge in [-0.05, 0) is 38.5 Å². The van der Waals surface area contributed by atoms with E-state index in [9.17, 15) is 34.1 Å². The fourth-order valence-corrected chi connectivity index (χ4v) is 9.03. The summed E-state index contributed by atoms with van der Waals surface area (Å²) in [6, 6.07) is -1.54. The summed E-state index contributed by atoms with van der Waals surface area (Å²) in [5.41, 5.74) is 0. The van der Waals surface area contributed by atoms with E-state index in [0.29, 0.717) is 12.8 Å². The van der Waals surface area contributed by atoms with Crippen LogP contribution in [0.25, 0.3) is 0 Å². The highest BCUT2D eigenvalue weighted by Crippen LogP contribution is 2.43. The van der Waals surface area contributed by atoms with Crippen LogP contribution in [0.15, 0.2) is 12.2 Å². The van der Waals surface area contributed by atoms with Crippen molar-refractivity contribution in [3.05, 3.63) is 12.2 Å². The van der Waals surface area contributed by atoms with Crippen molar-refractivity contribution in [2.45, 2.75) is 296 Å². The number of aliphatic carboxylic acids is 1. The molecule has 4 N–H and O–H groups in total. The number of phosphoric ester groups is 1. The number of esters is 1. The van der Waals surface area contributed by atoms with Crippen LogP contribution in [0.1, 0.15) is 284 Å². The number of allylic oxidation sites excluding steroid dienone is 2. The van der Waals surface area contributed by atoms with E-state index in [1.54, 1.807) is 0 Å². The van der Waals surface area contributed by atoms with Gasteiger partial charge >= 0.3 is 19.8 Å². The van der Waals surface area contributed by atoms with Crippen molar-refractivity contribution < 1.29 is 47.8 Å². The average Bonchev–Trinajstić information content (AvgIpc) is 3.29. The number of rotatable bonds is 53. The number of carbonyl (C=O) groups excluding carboxylic acids is 2. The molecule has 3 atom stereocenters. The number of nitrogens with one attached hydrogen (secondary N) is 1. The van der Waals surface area contributed by atoms with Crippen LogP contribution in [0.4, 0.5) is 0 Å². The van der Waals surface area contributed by atoms with E-state index >= 15 is 0 Å². The fourth-order valence-electron chi connectivity index (χ4n) is 8.26. The Labute approximate surface area is 405 Å². The zero-order valence-electron chi connectivity index (χ0n) is 42.8. The zero-order chi connectivity index (χ0) is 48.4. The number of aliphatic hydroxyl groups is 1. The molecule has 0 aromatic carbocycles. The van der Waals surface area contributed by atoms with Gasteiger partial charge in [-0.1, -0.05) is 244 Å². The van der Waals surface area contributed by atoms with Crippen molar-refractivity contribution >= 4 is 25.7 Å². The molecular formula is C54H104NO10P. The van der Waals surface area contributed by atoms with Gasteiger partial charge in [-0.3, -0.25) is 18.6 Å². The zero-order valence-corrected chi connectivity index (χ0v) is 43.7. The van der Waals surface area contributed by atoms with Crippen LogP contribution >= 0.6 is 7.82 Å².